The van der Waals surface area contributed by atoms with E-state index in [1.807, 2.05) is 0 Å². The third kappa shape index (κ3) is 2.05. The molecule has 0 saturated carbocycles. The molecule has 2 aromatic rings. The molecule has 2 aromatic heterocycles. The summed E-state index contributed by atoms with van der Waals surface area (Å²) in [6, 6.07) is 0.964. The Balaban J connectivity index is 2.27. The SMILES string of the molecule is CC(O)C(N)c1nc(-c2ccncn2)no1. The second-order valence-electron chi connectivity index (χ2n) is 3.32. The van der Waals surface area contributed by atoms with Gasteiger partial charge in [0.2, 0.25) is 11.7 Å². The number of nitrogens with two attached hydrogens (primary N) is 1. The molecule has 16 heavy (non-hydrogen) atoms. The Morgan fingerprint density at radius 3 is 2.94 bits per heavy atom. The third-order valence-corrected chi connectivity index (χ3v) is 2.06. The fraction of sp³-hybridized carbons (Fsp3) is 0.333. The molecule has 3 N–H and O–H groups in total. The molecule has 7 heteroatoms. The molecule has 2 rings (SSSR count). The first-order chi connectivity index (χ1) is 7.68. The minimum atomic E-state index is -0.751. The maximum absolute atomic E-state index is 9.28. The zero-order valence-electron chi connectivity index (χ0n) is 8.61. The zero-order valence-corrected chi connectivity index (χ0v) is 8.61. The first-order valence-electron chi connectivity index (χ1n) is 4.72. The topological polar surface area (TPSA) is 111 Å². The highest BCUT2D eigenvalue weighted by Gasteiger charge is 2.20. The van der Waals surface area contributed by atoms with Gasteiger partial charge in [-0.15, -0.1) is 0 Å². The van der Waals surface area contributed by atoms with Crippen molar-refractivity contribution in [1.29, 1.82) is 0 Å². The van der Waals surface area contributed by atoms with Crippen molar-refractivity contribution in [2.24, 2.45) is 5.73 Å². The number of hydrogen-bond acceptors (Lipinski definition) is 7. The van der Waals surface area contributed by atoms with Crippen molar-refractivity contribution >= 4 is 0 Å². The summed E-state index contributed by atoms with van der Waals surface area (Å²) in [5, 5.41) is 13.0. The van der Waals surface area contributed by atoms with Gasteiger partial charge in [0, 0.05) is 6.20 Å². The van der Waals surface area contributed by atoms with E-state index in [9.17, 15) is 5.11 Å². The maximum atomic E-state index is 9.28. The van der Waals surface area contributed by atoms with E-state index in [1.54, 1.807) is 19.2 Å². The molecule has 2 unspecified atom stereocenters. The number of aromatic nitrogens is 4. The minimum absolute atomic E-state index is 0.184. The van der Waals surface area contributed by atoms with E-state index in [4.69, 9.17) is 10.3 Å². The molecule has 0 aliphatic rings. The fourth-order valence-electron chi connectivity index (χ4n) is 1.10. The second-order valence-corrected chi connectivity index (χ2v) is 3.32. The van der Waals surface area contributed by atoms with Gasteiger partial charge in [-0.2, -0.15) is 4.98 Å². The number of hydrogen-bond donors (Lipinski definition) is 2. The third-order valence-electron chi connectivity index (χ3n) is 2.06. The van der Waals surface area contributed by atoms with E-state index < -0.39 is 12.1 Å². The molecule has 0 fully saturated rings. The van der Waals surface area contributed by atoms with Crippen LogP contribution in [0.4, 0.5) is 0 Å². The standard InChI is InChI=1S/C9H11N5O2/c1-5(15)7(10)9-13-8(14-16-9)6-2-3-11-4-12-6/h2-5,7,15H,10H2,1H3. The molecule has 0 aliphatic carbocycles. The average molecular weight is 221 g/mol. The maximum Gasteiger partial charge on any atom is 0.246 e. The van der Waals surface area contributed by atoms with Gasteiger partial charge < -0.3 is 15.4 Å². The van der Waals surface area contributed by atoms with Crippen molar-refractivity contribution in [3.63, 3.8) is 0 Å². The van der Waals surface area contributed by atoms with Gasteiger partial charge in [-0.05, 0) is 13.0 Å². The Labute approximate surface area is 91.3 Å². The largest absolute Gasteiger partial charge is 0.391 e. The van der Waals surface area contributed by atoms with E-state index in [2.05, 4.69) is 20.1 Å². The lowest BCUT2D eigenvalue weighted by molar-refractivity contribution is 0.146. The molecule has 0 bridgehead atoms. The average Bonchev–Trinajstić information content (AvgIpc) is 2.78. The van der Waals surface area contributed by atoms with Gasteiger partial charge in [0.25, 0.3) is 0 Å². The molecule has 84 valence electrons. The Bertz CT molecular complexity index is 456. The summed E-state index contributed by atoms with van der Waals surface area (Å²) in [5.74, 6) is 0.511. The molecule has 0 radical (unpaired) electrons. The Kier molecular flexibility index (Phi) is 2.88. The van der Waals surface area contributed by atoms with Crippen LogP contribution >= 0.6 is 0 Å². The highest BCUT2D eigenvalue weighted by Crippen LogP contribution is 2.16. The number of aliphatic hydroxyl groups is 1. The predicted octanol–water partition coefficient (Wildman–Crippen LogP) is -0.0928. The monoisotopic (exact) mass is 221 g/mol. The normalized spacial score (nSPS) is 14.7. The summed E-state index contributed by atoms with van der Waals surface area (Å²) in [7, 11) is 0. The first-order valence-corrected chi connectivity index (χ1v) is 4.72. The molecule has 0 aromatic carbocycles. The Morgan fingerprint density at radius 1 is 1.50 bits per heavy atom. The van der Waals surface area contributed by atoms with Crippen LogP contribution in [0.15, 0.2) is 23.1 Å². The lowest BCUT2D eigenvalue weighted by Crippen LogP contribution is -2.23. The number of nitrogens with zero attached hydrogens (tertiary/aromatic N) is 4. The van der Waals surface area contributed by atoms with Crippen LogP contribution in [0.2, 0.25) is 0 Å². The van der Waals surface area contributed by atoms with Gasteiger partial charge in [0.15, 0.2) is 0 Å². The van der Waals surface area contributed by atoms with E-state index in [-0.39, 0.29) is 5.89 Å². The van der Waals surface area contributed by atoms with Crippen LogP contribution < -0.4 is 5.73 Å². The summed E-state index contributed by atoms with van der Waals surface area (Å²) in [5.41, 5.74) is 6.19. The van der Waals surface area contributed by atoms with Gasteiger partial charge in [-0.3, -0.25) is 0 Å². The summed E-state index contributed by atoms with van der Waals surface area (Å²) < 4.78 is 4.94. The number of rotatable bonds is 3. The van der Waals surface area contributed by atoms with Crippen molar-refractivity contribution < 1.29 is 9.63 Å². The van der Waals surface area contributed by atoms with Crippen LogP contribution in [-0.4, -0.2) is 31.3 Å². The van der Waals surface area contributed by atoms with Crippen LogP contribution in [0.1, 0.15) is 18.9 Å². The lowest BCUT2D eigenvalue weighted by atomic mass is 10.2. The van der Waals surface area contributed by atoms with Crippen molar-refractivity contribution in [1.82, 2.24) is 20.1 Å². The van der Waals surface area contributed by atoms with Crippen molar-refractivity contribution in [2.75, 3.05) is 0 Å². The lowest BCUT2D eigenvalue weighted by Gasteiger charge is -2.08. The van der Waals surface area contributed by atoms with Crippen LogP contribution in [-0.2, 0) is 0 Å². The van der Waals surface area contributed by atoms with E-state index in [1.165, 1.54) is 6.33 Å². The Morgan fingerprint density at radius 2 is 2.31 bits per heavy atom. The molecule has 2 heterocycles. The smallest absolute Gasteiger partial charge is 0.246 e. The first kappa shape index (κ1) is 10.7. The summed E-state index contributed by atoms with van der Waals surface area (Å²) in [6.07, 6.45) is 2.21. The van der Waals surface area contributed by atoms with Crippen LogP contribution in [0, 0.1) is 0 Å². The molecular weight excluding hydrogens is 210 g/mol. The second kappa shape index (κ2) is 4.33. The summed E-state index contributed by atoms with van der Waals surface area (Å²) in [6.45, 7) is 1.55. The highest BCUT2D eigenvalue weighted by molar-refractivity contribution is 5.46. The van der Waals surface area contributed by atoms with Crippen LogP contribution in [0.3, 0.4) is 0 Å². The van der Waals surface area contributed by atoms with Crippen molar-refractivity contribution in [2.45, 2.75) is 19.1 Å². The van der Waals surface area contributed by atoms with E-state index in [0.29, 0.717) is 11.5 Å². The Hall–Kier alpha value is -1.86. The molecule has 7 nitrogen and oxygen atoms in total. The van der Waals surface area contributed by atoms with Crippen LogP contribution in [0.25, 0.3) is 11.5 Å². The summed E-state index contributed by atoms with van der Waals surface area (Å²) >= 11 is 0. The molecule has 2 atom stereocenters. The predicted molar refractivity (Wildman–Crippen MR) is 53.9 cm³/mol. The van der Waals surface area contributed by atoms with Gasteiger partial charge in [-0.1, -0.05) is 5.16 Å². The van der Waals surface area contributed by atoms with E-state index in [0.717, 1.165) is 0 Å². The van der Waals surface area contributed by atoms with Gasteiger partial charge in [0.1, 0.15) is 18.1 Å². The summed E-state index contributed by atoms with van der Waals surface area (Å²) in [4.78, 5) is 11.8. The van der Waals surface area contributed by atoms with E-state index >= 15 is 0 Å². The molecule has 0 saturated heterocycles. The van der Waals surface area contributed by atoms with Crippen LogP contribution in [0.5, 0.6) is 0 Å². The zero-order chi connectivity index (χ0) is 11.5. The van der Waals surface area contributed by atoms with Gasteiger partial charge >= 0.3 is 0 Å². The van der Waals surface area contributed by atoms with Gasteiger partial charge in [-0.25, -0.2) is 9.97 Å². The molecule has 0 amide bonds. The quantitative estimate of drug-likeness (QED) is 0.744. The highest BCUT2D eigenvalue weighted by atomic mass is 16.5. The fourth-order valence-corrected chi connectivity index (χ4v) is 1.10. The molecular formula is C9H11N5O2. The van der Waals surface area contributed by atoms with Crippen molar-refractivity contribution in [3.05, 3.63) is 24.5 Å². The minimum Gasteiger partial charge on any atom is -0.391 e. The number of aliphatic hydroxyl groups excluding tert-OH is 1. The molecule has 0 spiro atoms. The van der Waals surface area contributed by atoms with Gasteiger partial charge in [0.05, 0.1) is 6.10 Å². The van der Waals surface area contributed by atoms with Crippen molar-refractivity contribution in [3.8, 4) is 11.5 Å². The molecule has 0 aliphatic heterocycles.